The van der Waals surface area contributed by atoms with Crippen molar-refractivity contribution < 1.29 is 14.7 Å². The predicted octanol–water partition coefficient (Wildman–Crippen LogP) is 1.66. The Bertz CT molecular complexity index is 574. The first-order chi connectivity index (χ1) is 8.56. The third-order valence-electron chi connectivity index (χ3n) is 2.25. The second kappa shape index (κ2) is 5.01. The van der Waals surface area contributed by atoms with Crippen molar-refractivity contribution in [3.05, 3.63) is 34.5 Å². The highest BCUT2D eigenvalue weighted by molar-refractivity contribution is 7.16. The molecular formula is C11H11N3O3S. The monoisotopic (exact) mass is 265 g/mol. The number of carboxylic acids is 1. The number of aromatic nitrogens is 2. The number of H-pyrrole nitrogens is 1. The van der Waals surface area contributed by atoms with Crippen molar-refractivity contribution >= 4 is 28.2 Å². The van der Waals surface area contributed by atoms with Gasteiger partial charge in [0.1, 0.15) is 5.00 Å². The molecule has 6 nitrogen and oxygen atoms in total. The van der Waals surface area contributed by atoms with Crippen LogP contribution in [0.3, 0.4) is 0 Å². The van der Waals surface area contributed by atoms with E-state index in [1.54, 1.807) is 25.3 Å². The molecule has 0 aromatic carbocycles. The van der Waals surface area contributed by atoms with Crippen LogP contribution in [0.5, 0.6) is 0 Å². The van der Waals surface area contributed by atoms with Gasteiger partial charge in [-0.1, -0.05) is 0 Å². The summed E-state index contributed by atoms with van der Waals surface area (Å²) in [5.41, 5.74) is 0.799. The molecule has 18 heavy (non-hydrogen) atoms. The molecule has 3 N–H and O–H groups in total. The Balaban J connectivity index is 2.09. The molecule has 0 bridgehead atoms. The summed E-state index contributed by atoms with van der Waals surface area (Å²) in [6.45, 7) is 1.79. The maximum Gasteiger partial charge on any atom is 0.338 e. The van der Waals surface area contributed by atoms with Gasteiger partial charge in [0, 0.05) is 16.8 Å². The Hall–Kier alpha value is -2.15. The lowest BCUT2D eigenvalue weighted by Crippen LogP contribution is -2.15. The number of carbonyl (C=O) groups excluding carboxylic acids is 1. The van der Waals surface area contributed by atoms with Crippen LogP contribution in [-0.4, -0.2) is 27.2 Å². The molecule has 0 radical (unpaired) electrons. The van der Waals surface area contributed by atoms with Crippen LogP contribution in [0.15, 0.2) is 18.3 Å². The molecule has 0 aliphatic rings. The summed E-state index contributed by atoms with van der Waals surface area (Å²) in [5.74, 6) is -1.32. The van der Waals surface area contributed by atoms with Crippen molar-refractivity contribution in [3.63, 3.8) is 0 Å². The highest BCUT2D eigenvalue weighted by Crippen LogP contribution is 2.27. The number of nitrogens with one attached hydrogen (secondary N) is 2. The molecule has 7 heteroatoms. The van der Waals surface area contributed by atoms with Crippen LogP contribution < -0.4 is 5.32 Å². The summed E-state index contributed by atoms with van der Waals surface area (Å²) < 4.78 is 0. The highest BCUT2D eigenvalue weighted by atomic mass is 32.1. The summed E-state index contributed by atoms with van der Waals surface area (Å²) in [6, 6.07) is 3.23. The second-order valence-electron chi connectivity index (χ2n) is 3.71. The Kier molecular flexibility index (Phi) is 3.42. The number of carbonyl (C=O) groups is 2. The fourth-order valence-electron chi connectivity index (χ4n) is 1.49. The van der Waals surface area contributed by atoms with Gasteiger partial charge in [0.05, 0.1) is 12.0 Å². The zero-order valence-corrected chi connectivity index (χ0v) is 10.4. The average molecular weight is 265 g/mol. The Morgan fingerprint density at radius 3 is 2.94 bits per heavy atom. The minimum absolute atomic E-state index is 0.121. The zero-order chi connectivity index (χ0) is 13.1. The second-order valence-corrected chi connectivity index (χ2v) is 4.97. The number of anilines is 1. The molecule has 0 unspecified atom stereocenters. The maximum atomic E-state index is 11.7. The molecule has 94 valence electrons. The molecule has 0 atom stereocenters. The number of nitrogens with zero attached hydrogens (tertiary/aromatic N) is 1. The molecule has 2 aromatic rings. The van der Waals surface area contributed by atoms with E-state index in [0.29, 0.717) is 10.7 Å². The van der Waals surface area contributed by atoms with Crippen LogP contribution in [0, 0.1) is 6.92 Å². The third kappa shape index (κ3) is 2.75. The van der Waals surface area contributed by atoms with Crippen LogP contribution >= 0.6 is 11.3 Å². The number of rotatable bonds is 4. The molecule has 1 amide bonds. The smallest absolute Gasteiger partial charge is 0.338 e. The fourth-order valence-corrected chi connectivity index (χ4v) is 2.41. The van der Waals surface area contributed by atoms with Gasteiger partial charge in [-0.3, -0.25) is 9.89 Å². The number of carboxylic acid groups (broad SMARTS) is 1. The fraction of sp³-hybridized carbons (Fsp3) is 0.182. The lowest BCUT2D eigenvalue weighted by Gasteiger charge is -2.02. The Morgan fingerprint density at radius 2 is 2.33 bits per heavy atom. The summed E-state index contributed by atoms with van der Waals surface area (Å²) in [5, 5.41) is 18.4. The third-order valence-corrected chi connectivity index (χ3v) is 3.21. The van der Waals surface area contributed by atoms with E-state index in [4.69, 9.17) is 5.11 Å². The number of aromatic carboxylic acids is 1. The predicted molar refractivity (Wildman–Crippen MR) is 66.9 cm³/mol. The van der Waals surface area contributed by atoms with E-state index >= 15 is 0 Å². The van der Waals surface area contributed by atoms with Gasteiger partial charge < -0.3 is 10.4 Å². The summed E-state index contributed by atoms with van der Waals surface area (Å²) in [4.78, 5) is 23.5. The van der Waals surface area contributed by atoms with Crippen LogP contribution in [0.2, 0.25) is 0 Å². The van der Waals surface area contributed by atoms with Crippen molar-refractivity contribution in [2.75, 3.05) is 5.32 Å². The van der Waals surface area contributed by atoms with E-state index in [-0.39, 0.29) is 17.9 Å². The van der Waals surface area contributed by atoms with Crippen LogP contribution in [0.4, 0.5) is 5.00 Å². The number of hydrogen-bond donors (Lipinski definition) is 3. The molecule has 2 rings (SSSR count). The summed E-state index contributed by atoms with van der Waals surface area (Å²) in [6.07, 6.45) is 1.69. The first kappa shape index (κ1) is 12.3. The molecule has 0 saturated heterocycles. The van der Waals surface area contributed by atoms with E-state index in [9.17, 15) is 9.59 Å². The lowest BCUT2D eigenvalue weighted by molar-refractivity contribution is -0.115. The van der Waals surface area contributed by atoms with Crippen LogP contribution in [0.1, 0.15) is 20.9 Å². The summed E-state index contributed by atoms with van der Waals surface area (Å²) in [7, 11) is 0. The molecule has 0 saturated carbocycles. The Labute approximate surface area is 107 Å². The molecule has 2 heterocycles. The van der Waals surface area contributed by atoms with Crippen molar-refractivity contribution in [1.82, 2.24) is 10.2 Å². The van der Waals surface area contributed by atoms with E-state index in [0.717, 1.165) is 4.88 Å². The molecular weight excluding hydrogens is 254 g/mol. The van der Waals surface area contributed by atoms with Gasteiger partial charge in [0.15, 0.2) is 0 Å². The van der Waals surface area contributed by atoms with Crippen molar-refractivity contribution in [1.29, 1.82) is 0 Å². The van der Waals surface area contributed by atoms with Gasteiger partial charge in [0.25, 0.3) is 0 Å². The molecule has 0 spiro atoms. The molecule has 0 aliphatic heterocycles. The maximum absolute atomic E-state index is 11.7. The topological polar surface area (TPSA) is 95.1 Å². The van der Waals surface area contributed by atoms with E-state index in [1.807, 2.05) is 0 Å². The van der Waals surface area contributed by atoms with Gasteiger partial charge in [-0.2, -0.15) is 5.10 Å². The first-order valence-corrected chi connectivity index (χ1v) is 5.99. The molecule has 0 fully saturated rings. The van der Waals surface area contributed by atoms with Crippen LogP contribution in [-0.2, 0) is 11.2 Å². The number of thiophene rings is 1. The van der Waals surface area contributed by atoms with Crippen LogP contribution in [0.25, 0.3) is 0 Å². The van der Waals surface area contributed by atoms with Crippen molar-refractivity contribution in [2.45, 2.75) is 13.3 Å². The summed E-state index contributed by atoms with van der Waals surface area (Å²) >= 11 is 1.25. The largest absolute Gasteiger partial charge is 0.478 e. The van der Waals surface area contributed by atoms with Gasteiger partial charge in [0.2, 0.25) is 5.91 Å². The number of amides is 1. The number of hydrogen-bond acceptors (Lipinski definition) is 4. The zero-order valence-electron chi connectivity index (χ0n) is 9.56. The quantitative estimate of drug-likeness (QED) is 0.783. The lowest BCUT2D eigenvalue weighted by atomic mass is 10.2. The van der Waals surface area contributed by atoms with E-state index in [1.165, 1.54) is 11.3 Å². The van der Waals surface area contributed by atoms with Gasteiger partial charge >= 0.3 is 5.97 Å². The average Bonchev–Trinajstić information content (AvgIpc) is 2.88. The standard InChI is InChI=1S/C11H11N3O3S/c1-6-4-8(11(16)17)10(18-6)13-9(15)5-7-2-3-12-14-7/h2-4H,5H2,1H3,(H,12,14)(H,13,15)(H,16,17). The van der Waals surface area contributed by atoms with E-state index < -0.39 is 5.97 Å². The Morgan fingerprint density at radius 1 is 1.56 bits per heavy atom. The normalized spacial score (nSPS) is 10.3. The SMILES string of the molecule is Cc1cc(C(=O)O)c(NC(=O)Cc2ccn[nH]2)s1. The van der Waals surface area contributed by atoms with Gasteiger partial charge in [-0.05, 0) is 19.1 Å². The first-order valence-electron chi connectivity index (χ1n) is 5.18. The highest BCUT2D eigenvalue weighted by Gasteiger charge is 2.16. The van der Waals surface area contributed by atoms with Gasteiger partial charge in [-0.15, -0.1) is 11.3 Å². The molecule has 0 aliphatic carbocycles. The molecule has 2 aromatic heterocycles. The van der Waals surface area contributed by atoms with Gasteiger partial charge in [-0.25, -0.2) is 4.79 Å². The van der Waals surface area contributed by atoms with Crippen molar-refractivity contribution in [3.8, 4) is 0 Å². The van der Waals surface area contributed by atoms with Crippen molar-refractivity contribution in [2.24, 2.45) is 0 Å². The van der Waals surface area contributed by atoms with E-state index in [2.05, 4.69) is 15.5 Å². The number of aromatic amines is 1. The number of aryl methyl sites for hydroxylation is 1. The minimum Gasteiger partial charge on any atom is -0.478 e. The minimum atomic E-state index is -1.05.